The van der Waals surface area contributed by atoms with Crippen molar-refractivity contribution in [3.63, 3.8) is 0 Å². The zero-order valence-corrected chi connectivity index (χ0v) is 9.47. The summed E-state index contributed by atoms with van der Waals surface area (Å²) in [5, 5.41) is 8.51. The third-order valence-corrected chi connectivity index (χ3v) is 2.72. The standard InChI is InChI=1S/C9H12Cl2O3/c1-8(2)5-9(10,11)4-3-6(8)14-7(12)13/h3-4,6H,5H2,1-2H3,(H,12,13). The highest BCUT2D eigenvalue weighted by atomic mass is 35.5. The van der Waals surface area contributed by atoms with E-state index in [4.69, 9.17) is 33.0 Å². The molecule has 0 aliphatic heterocycles. The van der Waals surface area contributed by atoms with Gasteiger partial charge in [-0.2, -0.15) is 0 Å². The minimum absolute atomic E-state index is 0.392. The molecular formula is C9H12Cl2O3. The molecule has 0 amide bonds. The number of rotatable bonds is 1. The molecule has 14 heavy (non-hydrogen) atoms. The average molecular weight is 239 g/mol. The van der Waals surface area contributed by atoms with Crippen LogP contribution in [-0.4, -0.2) is 21.7 Å². The highest BCUT2D eigenvalue weighted by Crippen LogP contribution is 2.44. The van der Waals surface area contributed by atoms with Crippen molar-refractivity contribution in [2.45, 2.75) is 30.7 Å². The summed E-state index contributed by atoms with van der Waals surface area (Å²) in [4.78, 5) is 10.4. The van der Waals surface area contributed by atoms with Crippen LogP contribution in [0.1, 0.15) is 20.3 Å². The molecule has 0 saturated heterocycles. The first kappa shape index (κ1) is 11.7. The van der Waals surface area contributed by atoms with Crippen molar-refractivity contribution in [2.24, 2.45) is 5.41 Å². The van der Waals surface area contributed by atoms with E-state index in [9.17, 15) is 4.79 Å². The van der Waals surface area contributed by atoms with Crippen molar-refractivity contribution >= 4 is 29.4 Å². The van der Waals surface area contributed by atoms with E-state index in [1.165, 1.54) is 0 Å². The SMILES string of the molecule is CC1(C)CC(Cl)(Cl)C=CC1OC(=O)O. The molecule has 1 N–H and O–H groups in total. The van der Waals surface area contributed by atoms with E-state index in [0.29, 0.717) is 6.42 Å². The van der Waals surface area contributed by atoms with Gasteiger partial charge in [0.25, 0.3) is 0 Å². The number of hydrogen-bond acceptors (Lipinski definition) is 2. The molecular weight excluding hydrogens is 227 g/mol. The molecule has 1 unspecified atom stereocenters. The molecule has 0 heterocycles. The summed E-state index contributed by atoms with van der Waals surface area (Å²) < 4.78 is 3.78. The lowest BCUT2D eigenvalue weighted by Crippen LogP contribution is -2.39. The van der Waals surface area contributed by atoms with E-state index in [2.05, 4.69) is 0 Å². The zero-order chi connectivity index (χ0) is 11.0. The van der Waals surface area contributed by atoms with Crippen molar-refractivity contribution in [1.82, 2.24) is 0 Å². The maximum absolute atomic E-state index is 10.4. The Hall–Kier alpha value is -0.410. The van der Waals surface area contributed by atoms with E-state index >= 15 is 0 Å². The average Bonchev–Trinajstić information content (AvgIpc) is 1.92. The largest absolute Gasteiger partial charge is 0.506 e. The van der Waals surface area contributed by atoms with Gasteiger partial charge in [-0.1, -0.05) is 37.0 Å². The summed E-state index contributed by atoms with van der Waals surface area (Å²) in [6.07, 6.45) is 1.83. The van der Waals surface area contributed by atoms with Gasteiger partial charge in [-0.25, -0.2) is 4.79 Å². The van der Waals surface area contributed by atoms with Gasteiger partial charge in [0.1, 0.15) is 10.4 Å². The second-order valence-corrected chi connectivity index (χ2v) is 5.63. The lowest BCUT2D eigenvalue weighted by atomic mass is 9.78. The first-order valence-corrected chi connectivity index (χ1v) is 4.95. The van der Waals surface area contributed by atoms with Crippen LogP contribution in [0.4, 0.5) is 4.79 Å². The number of hydrogen-bond donors (Lipinski definition) is 1. The van der Waals surface area contributed by atoms with Gasteiger partial charge in [-0.3, -0.25) is 0 Å². The minimum Gasteiger partial charge on any atom is -0.450 e. The van der Waals surface area contributed by atoms with Crippen LogP contribution in [0.15, 0.2) is 12.2 Å². The van der Waals surface area contributed by atoms with Crippen LogP contribution in [0.5, 0.6) is 0 Å². The highest BCUT2D eigenvalue weighted by molar-refractivity contribution is 6.49. The molecule has 0 aromatic rings. The van der Waals surface area contributed by atoms with Gasteiger partial charge in [0, 0.05) is 5.41 Å². The van der Waals surface area contributed by atoms with Gasteiger partial charge in [-0.05, 0) is 18.6 Å². The fraction of sp³-hybridized carbons (Fsp3) is 0.667. The van der Waals surface area contributed by atoms with Crippen LogP contribution < -0.4 is 0 Å². The van der Waals surface area contributed by atoms with Gasteiger partial charge < -0.3 is 9.84 Å². The Morgan fingerprint density at radius 2 is 2.14 bits per heavy atom. The van der Waals surface area contributed by atoms with Crippen LogP contribution in [0.2, 0.25) is 0 Å². The summed E-state index contributed by atoms with van der Waals surface area (Å²) in [5.41, 5.74) is -0.392. The second-order valence-electron chi connectivity index (χ2n) is 4.09. The number of allylic oxidation sites excluding steroid dienone is 1. The first-order chi connectivity index (χ1) is 6.23. The van der Waals surface area contributed by atoms with Crippen molar-refractivity contribution in [1.29, 1.82) is 0 Å². The molecule has 0 aromatic carbocycles. The Balaban J connectivity index is 2.83. The Morgan fingerprint density at radius 3 is 2.57 bits per heavy atom. The highest BCUT2D eigenvalue weighted by Gasteiger charge is 2.41. The number of carbonyl (C=O) groups is 1. The predicted molar refractivity (Wildman–Crippen MR) is 54.9 cm³/mol. The Morgan fingerprint density at radius 1 is 1.57 bits per heavy atom. The van der Waals surface area contributed by atoms with Gasteiger partial charge in [0.2, 0.25) is 0 Å². The summed E-state index contributed by atoms with van der Waals surface area (Å²) >= 11 is 11.9. The number of halogens is 2. The smallest absolute Gasteiger partial charge is 0.450 e. The normalized spacial score (nSPS) is 28.4. The molecule has 0 bridgehead atoms. The van der Waals surface area contributed by atoms with Crippen LogP contribution in [0.25, 0.3) is 0 Å². The Bertz CT molecular complexity index is 271. The summed E-state index contributed by atoms with van der Waals surface area (Å²) in [7, 11) is 0. The van der Waals surface area contributed by atoms with Crippen molar-refractivity contribution < 1.29 is 14.6 Å². The van der Waals surface area contributed by atoms with Gasteiger partial charge >= 0.3 is 6.16 Å². The molecule has 1 aliphatic rings. The maximum atomic E-state index is 10.4. The van der Waals surface area contributed by atoms with Crippen molar-refractivity contribution in [2.75, 3.05) is 0 Å². The quantitative estimate of drug-likeness (QED) is 0.434. The molecule has 0 saturated carbocycles. The Kier molecular flexibility index (Phi) is 3.02. The van der Waals surface area contributed by atoms with Crippen LogP contribution in [0, 0.1) is 5.41 Å². The fourth-order valence-corrected chi connectivity index (χ4v) is 2.40. The molecule has 5 heteroatoms. The van der Waals surface area contributed by atoms with E-state index in [1.54, 1.807) is 12.2 Å². The van der Waals surface area contributed by atoms with Crippen LogP contribution >= 0.6 is 23.2 Å². The van der Waals surface area contributed by atoms with E-state index in [1.807, 2.05) is 13.8 Å². The van der Waals surface area contributed by atoms with E-state index in [-0.39, 0.29) is 0 Å². The summed E-state index contributed by atoms with van der Waals surface area (Å²) in [6.45, 7) is 3.73. The van der Waals surface area contributed by atoms with Crippen molar-refractivity contribution in [3.8, 4) is 0 Å². The van der Waals surface area contributed by atoms with E-state index < -0.39 is 22.0 Å². The first-order valence-electron chi connectivity index (χ1n) is 4.20. The van der Waals surface area contributed by atoms with Crippen molar-refractivity contribution in [3.05, 3.63) is 12.2 Å². The van der Waals surface area contributed by atoms with Crippen LogP contribution in [-0.2, 0) is 4.74 Å². The van der Waals surface area contributed by atoms with Gasteiger partial charge in [-0.15, -0.1) is 0 Å². The third-order valence-electron chi connectivity index (χ3n) is 2.20. The molecule has 3 nitrogen and oxygen atoms in total. The second kappa shape index (κ2) is 3.63. The molecule has 1 rings (SSSR count). The summed E-state index contributed by atoms with van der Waals surface area (Å²) in [5.74, 6) is 0. The molecule has 1 atom stereocenters. The molecule has 0 radical (unpaired) electrons. The number of ether oxygens (including phenoxy) is 1. The molecule has 80 valence electrons. The topological polar surface area (TPSA) is 46.5 Å². The predicted octanol–water partition coefficient (Wildman–Crippen LogP) is 3.21. The third kappa shape index (κ3) is 2.79. The molecule has 0 fully saturated rings. The number of alkyl halides is 2. The lowest BCUT2D eigenvalue weighted by molar-refractivity contribution is 0.0121. The van der Waals surface area contributed by atoms with Crippen LogP contribution in [0.3, 0.4) is 0 Å². The summed E-state index contributed by atoms with van der Waals surface area (Å²) in [6, 6.07) is 0. The monoisotopic (exact) mass is 238 g/mol. The number of carboxylic acid groups (broad SMARTS) is 1. The van der Waals surface area contributed by atoms with E-state index in [0.717, 1.165) is 0 Å². The molecule has 1 aliphatic carbocycles. The molecule has 0 spiro atoms. The van der Waals surface area contributed by atoms with Gasteiger partial charge in [0.15, 0.2) is 0 Å². The van der Waals surface area contributed by atoms with Gasteiger partial charge in [0.05, 0.1) is 0 Å². The maximum Gasteiger partial charge on any atom is 0.506 e. The fourth-order valence-electron chi connectivity index (χ4n) is 1.56. The molecule has 0 aromatic heterocycles. The Labute approximate surface area is 92.6 Å². The lowest BCUT2D eigenvalue weighted by Gasteiger charge is -2.38. The zero-order valence-electron chi connectivity index (χ0n) is 7.96. The minimum atomic E-state index is -1.29.